The number of carbonyl (C=O) groups is 1. The van der Waals surface area contributed by atoms with Crippen molar-refractivity contribution in [1.29, 1.82) is 0 Å². The van der Waals surface area contributed by atoms with Crippen LogP contribution in [-0.2, 0) is 9.53 Å². The Bertz CT molecular complexity index is 425. The molecule has 2 rings (SSSR count). The third kappa shape index (κ3) is 3.84. The molecule has 1 amide bonds. The topological polar surface area (TPSA) is 70.6 Å². The van der Waals surface area contributed by atoms with Gasteiger partial charge in [-0.3, -0.25) is 4.79 Å². The summed E-state index contributed by atoms with van der Waals surface area (Å²) in [7, 11) is 0. The van der Waals surface area contributed by atoms with Crippen molar-refractivity contribution in [3.05, 3.63) is 22.7 Å². The highest BCUT2D eigenvalue weighted by molar-refractivity contribution is 9.10. The highest BCUT2D eigenvalue weighted by atomic mass is 79.9. The van der Waals surface area contributed by atoms with Crippen molar-refractivity contribution in [1.82, 2.24) is 5.32 Å². The summed E-state index contributed by atoms with van der Waals surface area (Å²) in [5, 5.41) is 15.3. The minimum Gasteiger partial charge on any atom is -0.506 e. The second-order valence-corrected chi connectivity index (χ2v) is 4.65. The number of phenols is 1. The number of carbonyl (C=O) groups excluding carboxylic acids is 1. The second-order valence-electron chi connectivity index (χ2n) is 3.73. The van der Waals surface area contributed by atoms with Crippen molar-refractivity contribution in [3.63, 3.8) is 0 Å². The van der Waals surface area contributed by atoms with E-state index in [0.717, 1.165) is 4.47 Å². The second kappa shape index (κ2) is 6.94. The molecule has 18 heavy (non-hydrogen) atoms. The molecule has 0 saturated carbocycles. The van der Waals surface area contributed by atoms with E-state index in [-0.39, 0.29) is 30.1 Å². The summed E-state index contributed by atoms with van der Waals surface area (Å²) in [6.07, 6.45) is 0. The SMILES string of the molecule is Cl.O=C(Nc1cc(Br)ccc1O)C1COCCN1. The Morgan fingerprint density at radius 1 is 1.56 bits per heavy atom. The van der Waals surface area contributed by atoms with Gasteiger partial charge in [-0.05, 0) is 18.2 Å². The Hall–Kier alpha value is -0.820. The van der Waals surface area contributed by atoms with Crippen LogP contribution in [0.4, 0.5) is 5.69 Å². The molecule has 1 heterocycles. The van der Waals surface area contributed by atoms with Crippen LogP contribution in [0.3, 0.4) is 0 Å². The van der Waals surface area contributed by atoms with Crippen molar-refractivity contribution >= 4 is 39.9 Å². The van der Waals surface area contributed by atoms with E-state index in [0.29, 0.717) is 25.4 Å². The molecule has 0 aromatic heterocycles. The molecule has 100 valence electrons. The summed E-state index contributed by atoms with van der Waals surface area (Å²) < 4.78 is 5.99. The number of amides is 1. The molecule has 1 aliphatic rings. The fourth-order valence-corrected chi connectivity index (χ4v) is 1.92. The Morgan fingerprint density at radius 2 is 2.33 bits per heavy atom. The maximum Gasteiger partial charge on any atom is 0.244 e. The van der Waals surface area contributed by atoms with Crippen molar-refractivity contribution in [3.8, 4) is 5.75 Å². The van der Waals surface area contributed by atoms with Crippen LogP contribution in [0, 0.1) is 0 Å². The van der Waals surface area contributed by atoms with Gasteiger partial charge in [0.1, 0.15) is 11.8 Å². The van der Waals surface area contributed by atoms with Gasteiger partial charge in [0, 0.05) is 11.0 Å². The molecule has 0 aliphatic carbocycles. The average molecular weight is 338 g/mol. The number of hydrogen-bond acceptors (Lipinski definition) is 4. The largest absolute Gasteiger partial charge is 0.506 e. The van der Waals surface area contributed by atoms with E-state index in [1.165, 1.54) is 6.07 Å². The molecule has 0 bridgehead atoms. The zero-order valence-electron chi connectivity index (χ0n) is 9.48. The molecule has 1 aromatic rings. The number of hydrogen-bond donors (Lipinski definition) is 3. The van der Waals surface area contributed by atoms with Gasteiger partial charge in [-0.1, -0.05) is 15.9 Å². The predicted molar refractivity (Wildman–Crippen MR) is 74.3 cm³/mol. The lowest BCUT2D eigenvalue weighted by Gasteiger charge is -2.23. The van der Waals surface area contributed by atoms with Crippen LogP contribution < -0.4 is 10.6 Å². The minimum absolute atomic E-state index is 0. The molecule has 1 aliphatic heterocycles. The zero-order valence-corrected chi connectivity index (χ0v) is 11.9. The number of aromatic hydroxyl groups is 1. The van der Waals surface area contributed by atoms with E-state index >= 15 is 0 Å². The third-order valence-electron chi connectivity index (χ3n) is 2.45. The Balaban J connectivity index is 0.00000162. The van der Waals surface area contributed by atoms with Gasteiger partial charge < -0.3 is 20.5 Å². The fraction of sp³-hybridized carbons (Fsp3) is 0.364. The fourth-order valence-electron chi connectivity index (χ4n) is 1.56. The summed E-state index contributed by atoms with van der Waals surface area (Å²) in [6.45, 7) is 1.62. The first kappa shape index (κ1) is 15.2. The molecule has 0 spiro atoms. The number of ether oxygens (including phenoxy) is 1. The van der Waals surface area contributed by atoms with Gasteiger partial charge in [-0.2, -0.15) is 0 Å². The molecule has 1 aromatic carbocycles. The lowest BCUT2D eigenvalue weighted by atomic mass is 10.2. The number of nitrogens with one attached hydrogen (secondary N) is 2. The predicted octanol–water partition coefficient (Wildman–Crippen LogP) is 1.50. The first-order chi connectivity index (χ1) is 8.16. The molecular formula is C11H14BrClN2O3. The van der Waals surface area contributed by atoms with Gasteiger partial charge in [0.15, 0.2) is 0 Å². The summed E-state index contributed by atoms with van der Waals surface area (Å²) in [6, 6.07) is 4.50. The van der Waals surface area contributed by atoms with E-state index in [1.54, 1.807) is 12.1 Å². The molecule has 3 N–H and O–H groups in total. The van der Waals surface area contributed by atoms with Crippen LogP contribution in [0.25, 0.3) is 0 Å². The van der Waals surface area contributed by atoms with E-state index in [4.69, 9.17) is 4.74 Å². The first-order valence-electron chi connectivity index (χ1n) is 5.27. The summed E-state index contributed by atoms with van der Waals surface area (Å²) in [5.41, 5.74) is 0.386. The monoisotopic (exact) mass is 336 g/mol. The Kier molecular flexibility index (Phi) is 5.87. The molecule has 1 atom stereocenters. The highest BCUT2D eigenvalue weighted by Gasteiger charge is 2.21. The summed E-state index contributed by atoms with van der Waals surface area (Å²) >= 11 is 3.28. The molecular weight excluding hydrogens is 323 g/mol. The highest BCUT2D eigenvalue weighted by Crippen LogP contribution is 2.26. The molecule has 0 radical (unpaired) electrons. The van der Waals surface area contributed by atoms with Gasteiger partial charge in [0.25, 0.3) is 0 Å². The Labute approximate surface area is 119 Å². The first-order valence-corrected chi connectivity index (χ1v) is 6.06. The average Bonchev–Trinajstić information content (AvgIpc) is 2.35. The molecule has 1 saturated heterocycles. The van der Waals surface area contributed by atoms with Gasteiger partial charge >= 0.3 is 0 Å². The number of anilines is 1. The van der Waals surface area contributed by atoms with Gasteiger partial charge in [-0.25, -0.2) is 0 Å². The van der Waals surface area contributed by atoms with E-state index in [2.05, 4.69) is 26.6 Å². The standard InChI is InChI=1S/C11H13BrN2O3.ClH/c12-7-1-2-10(15)8(5-7)14-11(16)9-6-17-4-3-13-9;/h1-2,5,9,13,15H,3-4,6H2,(H,14,16);1H. The normalized spacial score (nSPS) is 18.8. The number of benzene rings is 1. The summed E-state index contributed by atoms with van der Waals surface area (Å²) in [5.74, 6) is -0.170. The maximum atomic E-state index is 11.9. The van der Waals surface area contributed by atoms with E-state index in [1.807, 2.05) is 0 Å². The van der Waals surface area contributed by atoms with Crippen LogP contribution in [0.2, 0.25) is 0 Å². The third-order valence-corrected chi connectivity index (χ3v) is 2.95. The number of rotatable bonds is 2. The van der Waals surface area contributed by atoms with Crippen LogP contribution in [-0.4, -0.2) is 36.8 Å². The number of halogens is 2. The number of morpholine rings is 1. The molecule has 1 fully saturated rings. The van der Waals surface area contributed by atoms with Crippen molar-refractivity contribution in [2.75, 3.05) is 25.1 Å². The van der Waals surface area contributed by atoms with Crippen molar-refractivity contribution in [2.24, 2.45) is 0 Å². The smallest absolute Gasteiger partial charge is 0.244 e. The van der Waals surface area contributed by atoms with Crippen LogP contribution in [0.5, 0.6) is 5.75 Å². The molecule has 1 unspecified atom stereocenters. The van der Waals surface area contributed by atoms with E-state index in [9.17, 15) is 9.90 Å². The lowest BCUT2D eigenvalue weighted by molar-refractivity contribution is -0.120. The number of phenolic OH excluding ortho intramolecular Hbond substituents is 1. The van der Waals surface area contributed by atoms with Crippen LogP contribution in [0.1, 0.15) is 0 Å². The molecule has 5 nitrogen and oxygen atoms in total. The summed E-state index contributed by atoms with van der Waals surface area (Å²) in [4.78, 5) is 11.9. The lowest BCUT2D eigenvalue weighted by Crippen LogP contribution is -2.48. The van der Waals surface area contributed by atoms with Crippen molar-refractivity contribution < 1.29 is 14.6 Å². The zero-order chi connectivity index (χ0) is 12.3. The van der Waals surface area contributed by atoms with Crippen LogP contribution >= 0.6 is 28.3 Å². The Morgan fingerprint density at radius 3 is 3.00 bits per heavy atom. The van der Waals surface area contributed by atoms with Gasteiger partial charge in [0.2, 0.25) is 5.91 Å². The maximum absolute atomic E-state index is 11.9. The van der Waals surface area contributed by atoms with Crippen molar-refractivity contribution in [2.45, 2.75) is 6.04 Å². The quantitative estimate of drug-likeness (QED) is 0.715. The minimum atomic E-state index is -0.373. The van der Waals surface area contributed by atoms with Gasteiger partial charge in [0.05, 0.1) is 18.9 Å². The van der Waals surface area contributed by atoms with E-state index < -0.39 is 0 Å². The molecule has 7 heteroatoms. The van der Waals surface area contributed by atoms with Gasteiger partial charge in [-0.15, -0.1) is 12.4 Å². The van der Waals surface area contributed by atoms with Crippen LogP contribution in [0.15, 0.2) is 22.7 Å².